The van der Waals surface area contributed by atoms with Gasteiger partial charge in [0.25, 0.3) is 11.8 Å². The van der Waals surface area contributed by atoms with E-state index in [1.54, 1.807) is 18.2 Å². The minimum atomic E-state index is -0.248. The minimum Gasteiger partial charge on any atom is -0.364 e. The lowest BCUT2D eigenvalue weighted by Crippen LogP contribution is -3.16. The highest BCUT2D eigenvalue weighted by molar-refractivity contribution is 6.10. The van der Waals surface area contributed by atoms with E-state index in [-0.39, 0.29) is 24.0 Å². The van der Waals surface area contributed by atoms with Gasteiger partial charge in [-0.05, 0) is 50.6 Å². The number of rotatable bonds is 5. The molecular weight excluding hydrogens is 354 g/mol. The van der Waals surface area contributed by atoms with Crippen LogP contribution >= 0.6 is 0 Å². The van der Waals surface area contributed by atoms with Gasteiger partial charge in [0.15, 0.2) is 6.54 Å². The van der Waals surface area contributed by atoms with Crippen molar-refractivity contribution < 1.29 is 19.2 Å². The molecule has 1 aliphatic heterocycles. The van der Waals surface area contributed by atoms with Crippen LogP contribution in [0, 0.1) is 6.92 Å². The molecule has 28 heavy (non-hydrogen) atoms. The molecule has 6 nitrogen and oxygen atoms in total. The van der Waals surface area contributed by atoms with Crippen LogP contribution in [0.2, 0.25) is 0 Å². The molecule has 0 aromatic heterocycles. The van der Waals surface area contributed by atoms with Crippen molar-refractivity contribution in [2.75, 3.05) is 30.3 Å². The van der Waals surface area contributed by atoms with E-state index in [0.29, 0.717) is 17.8 Å². The molecule has 0 spiro atoms. The van der Waals surface area contributed by atoms with E-state index in [0.717, 1.165) is 24.3 Å². The van der Waals surface area contributed by atoms with Crippen molar-refractivity contribution >= 4 is 23.2 Å². The molecule has 1 fully saturated rings. The summed E-state index contributed by atoms with van der Waals surface area (Å²) in [5, 5.41) is 5.80. The van der Waals surface area contributed by atoms with Gasteiger partial charge in [-0.15, -0.1) is 0 Å². The van der Waals surface area contributed by atoms with Gasteiger partial charge in [0.2, 0.25) is 0 Å². The fourth-order valence-electron chi connectivity index (χ4n) is 3.67. The summed E-state index contributed by atoms with van der Waals surface area (Å²) in [5.41, 5.74) is 2.76. The number of amides is 2. The van der Waals surface area contributed by atoms with Crippen molar-refractivity contribution in [2.45, 2.75) is 33.0 Å². The monoisotopic (exact) mass is 382 g/mol. The minimum absolute atomic E-state index is 0.105. The van der Waals surface area contributed by atoms with Gasteiger partial charge in [0.05, 0.1) is 11.3 Å². The van der Waals surface area contributed by atoms with Crippen molar-refractivity contribution in [1.29, 1.82) is 0 Å². The van der Waals surface area contributed by atoms with Gasteiger partial charge in [0.1, 0.15) is 25.3 Å². The normalized spacial score (nSPS) is 21.8. The van der Waals surface area contributed by atoms with Crippen LogP contribution in [-0.2, 0) is 9.53 Å². The van der Waals surface area contributed by atoms with Gasteiger partial charge in [0, 0.05) is 5.69 Å². The average molecular weight is 382 g/mol. The number of carbonyl (C=O) groups excluding carboxylic acids is 2. The average Bonchev–Trinajstić information content (AvgIpc) is 2.61. The van der Waals surface area contributed by atoms with Gasteiger partial charge in [-0.1, -0.05) is 24.3 Å². The number of aryl methyl sites for hydroxylation is 1. The smallest absolute Gasteiger partial charge is 0.279 e. The molecule has 0 aliphatic carbocycles. The van der Waals surface area contributed by atoms with Crippen LogP contribution in [0.1, 0.15) is 29.8 Å². The number of hydrogen-bond donors (Lipinski definition) is 3. The number of para-hydroxylation sites is 1. The fraction of sp³-hybridized carbons (Fsp3) is 0.364. The fourth-order valence-corrected chi connectivity index (χ4v) is 3.67. The Bertz CT molecular complexity index is 842. The van der Waals surface area contributed by atoms with Crippen LogP contribution in [-0.4, -0.2) is 43.7 Å². The lowest BCUT2D eigenvalue weighted by Gasteiger charge is -2.31. The lowest BCUT2D eigenvalue weighted by molar-refractivity contribution is -0.907. The summed E-state index contributed by atoms with van der Waals surface area (Å²) in [5.74, 6) is -0.352. The number of ether oxygens (including phenoxy) is 1. The molecule has 0 unspecified atom stereocenters. The zero-order valence-electron chi connectivity index (χ0n) is 16.6. The standard InChI is InChI=1S/C22H27N3O3/c1-15-7-6-8-18(11-15)23-22(27)19-9-4-5-10-20(19)24-21(26)14-25-12-16(2)28-17(3)13-25/h4-11,16-17H,12-14H2,1-3H3,(H,23,27)(H,24,26)/p+1/t16-,17-/m0/s1. The largest absolute Gasteiger partial charge is 0.364 e. The van der Waals surface area contributed by atoms with Crippen molar-refractivity contribution in [3.8, 4) is 0 Å². The Kier molecular flexibility index (Phi) is 6.44. The van der Waals surface area contributed by atoms with Crippen molar-refractivity contribution in [3.63, 3.8) is 0 Å². The second kappa shape index (κ2) is 8.99. The number of benzene rings is 2. The Morgan fingerprint density at radius 3 is 2.46 bits per heavy atom. The van der Waals surface area contributed by atoms with Gasteiger partial charge in [-0.3, -0.25) is 9.59 Å². The highest BCUT2D eigenvalue weighted by Crippen LogP contribution is 2.18. The first kappa shape index (κ1) is 20.0. The van der Waals surface area contributed by atoms with Gasteiger partial charge >= 0.3 is 0 Å². The number of nitrogens with one attached hydrogen (secondary N) is 3. The highest BCUT2D eigenvalue weighted by Gasteiger charge is 2.27. The third-order valence-electron chi connectivity index (χ3n) is 4.75. The summed E-state index contributed by atoms with van der Waals surface area (Å²) in [4.78, 5) is 26.5. The van der Waals surface area contributed by atoms with Crippen LogP contribution in [0.4, 0.5) is 11.4 Å². The van der Waals surface area contributed by atoms with E-state index >= 15 is 0 Å². The first-order valence-electron chi connectivity index (χ1n) is 9.66. The molecule has 0 saturated carbocycles. The number of anilines is 2. The van der Waals surface area contributed by atoms with E-state index < -0.39 is 0 Å². The van der Waals surface area contributed by atoms with Crippen LogP contribution in [0.25, 0.3) is 0 Å². The third kappa shape index (κ3) is 5.41. The summed E-state index contributed by atoms with van der Waals surface area (Å²) >= 11 is 0. The zero-order chi connectivity index (χ0) is 20.1. The highest BCUT2D eigenvalue weighted by atomic mass is 16.5. The van der Waals surface area contributed by atoms with Crippen LogP contribution in [0.15, 0.2) is 48.5 Å². The summed E-state index contributed by atoms with van der Waals surface area (Å²) < 4.78 is 5.73. The first-order valence-corrected chi connectivity index (χ1v) is 9.66. The second-order valence-corrected chi connectivity index (χ2v) is 7.51. The van der Waals surface area contributed by atoms with Crippen LogP contribution in [0.3, 0.4) is 0 Å². The predicted molar refractivity (Wildman–Crippen MR) is 110 cm³/mol. The summed E-state index contributed by atoms with van der Waals surface area (Å²) in [6, 6.07) is 14.7. The van der Waals surface area contributed by atoms with Crippen molar-refractivity contribution in [1.82, 2.24) is 0 Å². The Balaban J connectivity index is 1.66. The quantitative estimate of drug-likeness (QED) is 0.739. The molecule has 148 valence electrons. The SMILES string of the molecule is Cc1cccc(NC(=O)c2ccccc2NC(=O)C[NH+]2C[C@H](C)O[C@@H](C)C2)c1. The number of hydrogen-bond acceptors (Lipinski definition) is 3. The third-order valence-corrected chi connectivity index (χ3v) is 4.75. The van der Waals surface area contributed by atoms with Gasteiger partial charge < -0.3 is 20.3 Å². The molecule has 3 rings (SSSR count). The maximum atomic E-state index is 12.7. The molecule has 1 saturated heterocycles. The Hall–Kier alpha value is -2.70. The number of carbonyl (C=O) groups is 2. The van der Waals surface area contributed by atoms with Crippen LogP contribution in [0.5, 0.6) is 0 Å². The summed E-state index contributed by atoms with van der Waals surface area (Å²) in [7, 11) is 0. The molecule has 1 aliphatic rings. The molecule has 1 heterocycles. The van der Waals surface area contributed by atoms with Gasteiger partial charge in [-0.2, -0.15) is 0 Å². The molecule has 0 bridgehead atoms. The van der Waals surface area contributed by atoms with E-state index in [4.69, 9.17) is 4.74 Å². The van der Waals surface area contributed by atoms with E-state index in [9.17, 15) is 9.59 Å². The number of morpholine rings is 1. The predicted octanol–water partition coefficient (Wildman–Crippen LogP) is 1.88. The first-order chi connectivity index (χ1) is 13.4. The molecular formula is C22H28N3O3+. The second-order valence-electron chi connectivity index (χ2n) is 7.51. The van der Waals surface area contributed by atoms with Gasteiger partial charge in [-0.25, -0.2) is 0 Å². The maximum absolute atomic E-state index is 12.7. The van der Waals surface area contributed by atoms with E-state index in [1.165, 1.54) is 4.90 Å². The summed E-state index contributed by atoms with van der Waals surface area (Å²) in [6.45, 7) is 7.98. The lowest BCUT2D eigenvalue weighted by atomic mass is 10.1. The summed E-state index contributed by atoms with van der Waals surface area (Å²) in [6.07, 6.45) is 0.276. The Morgan fingerprint density at radius 1 is 1.04 bits per heavy atom. The van der Waals surface area contributed by atoms with Crippen molar-refractivity contribution in [2.24, 2.45) is 0 Å². The molecule has 0 radical (unpaired) electrons. The van der Waals surface area contributed by atoms with Crippen LogP contribution < -0.4 is 15.5 Å². The molecule has 3 N–H and O–H groups in total. The zero-order valence-corrected chi connectivity index (χ0v) is 16.6. The Labute approximate surface area is 165 Å². The van der Waals surface area contributed by atoms with E-state index in [1.807, 2.05) is 51.1 Å². The topological polar surface area (TPSA) is 71.9 Å². The van der Waals surface area contributed by atoms with Crippen molar-refractivity contribution in [3.05, 3.63) is 59.7 Å². The molecule has 2 amide bonds. The molecule has 2 aromatic rings. The maximum Gasteiger partial charge on any atom is 0.279 e. The molecule has 6 heteroatoms. The molecule has 2 atom stereocenters. The Morgan fingerprint density at radius 2 is 1.75 bits per heavy atom. The molecule has 2 aromatic carbocycles. The van der Waals surface area contributed by atoms with E-state index in [2.05, 4.69) is 10.6 Å². The number of quaternary nitrogens is 1.